The highest BCUT2D eigenvalue weighted by Gasteiger charge is 2.36. The number of aromatic carboxylic acids is 1. The second kappa shape index (κ2) is 29.1. The Hall–Kier alpha value is -8.95. The van der Waals surface area contributed by atoms with Crippen LogP contribution >= 0.6 is 68.0 Å². The average Bonchev–Trinajstić information content (AvgIpc) is 1.56. The number of rotatable bonds is 14. The molecule has 2 aromatic carbocycles. The molecule has 6 amide bonds. The van der Waals surface area contributed by atoms with Crippen LogP contribution < -0.4 is 31.5 Å². The summed E-state index contributed by atoms with van der Waals surface area (Å²) >= 11 is 7.03. The molecule has 11 rings (SSSR count). The van der Waals surface area contributed by atoms with Crippen molar-refractivity contribution in [1.29, 1.82) is 0 Å². The van der Waals surface area contributed by atoms with Gasteiger partial charge in [-0.05, 0) is 73.9 Å². The van der Waals surface area contributed by atoms with Crippen LogP contribution in [-0.4, -0.2) is 118 Å². The highest BCUT2D eigenvalue weighted by molar-refractivity contribution is 7.15. The molecule has 1 aliphatic heterocycles. The molecule has 10 bridgehead atoms. The number of aromatic nitrogens is 7. The summed E-state index contributed by atoms with van der Waals surface area (Å²) in [6.07, 6.45) is -0.246. The lowest BCUT2D eigenvalue weighted by atomic mass is 9.81. The van der Waals surface area contributed by atoms with Gasteiger partial charge in [0, 0.05) is 52.0 Å². The maximum atomic E-state index is 14.6. The maximum Gasteiger partial charge on any atom is 0.335 e. The number of pyridine rings is 1. The number of aliphatic hydroxyl groups is 1. The molecule has 1 aliphatic carbocycles. The van der Waals surface area contributed by atoms with Crippen LogP contribution in [0.25, 0.3) is 43.4 Å². The zero-order chi connectivity index (χ0) is 66.5. The van der Waals surface area contributed by atoms with Crippen molar-refractivity contribution < 1.29 is 58.4 Å². The van der Waals surface area contributed by atoms with Crippen molar-refractivity contribution >= 4 is 121 Å². The van der Waals surface area contributed by atoms with E-state index in [0.717, 1.165) is 34.0 Å². The first-order chi connectivity index (χ1) is 45.2. The Kier molecular flexibility index (Phi) is 20.6. The van der Waals surface area contributed by atoms with Gasteiger partial charge in [-0.1, -0.05) is 56.3 Å². The predicted octanol–water partition coefficient (Wildman–Crippen LogP) is 9.43. The van der Waals surface area contributed by atoms with E-state index in [9.17, 15) is 53.7 Å². The van der Waals surface area contributed by atoms with Gasteiger partial charge >= 0.3 is 11.9 Å². The summed E-state index contributed by atoms with van der Waals surface area (Å²) in [6, 6.07) is 15.6. The highest BCUT2D eigenvalue weighted by Crippen LogP contribution is 2.41. The van der Waals surface area contributed by atoms with Crippen molar-refractivity contribution in [3.63, 3.8) is 0 Å². The van der Waals surface area contributed by atoms with E-state index in [2.05, 4.69) is 26.6 Å². The number of carboxylic acid groups (broad SMARTS) is 2. The lowest BCUT2D eigenvalue weighted by Crippen LogP contribution is -2.40. The minimum absolute atomic E-state index is 0.00998. The van der Waals surface area contributed by atoms with Crippen LogP contribution in [0.2, 0.25) is 0 Å². The zero-order valence-electron chi connectivity index (χ0n) is 50.9. The number of benzene rings is 2. The van der Waals surface area contributed by atoms with Crippen molar-refractivity contribution in [2.24, 2.45) is 17.8 Å². The van der Waals surface area contributed by atoms with Gasteiger partial charge in [0.2, 0.25) is 17.7 Å². The molecule has 0 saturated heterocycles. The third-order valence-electron chi connectivity index (χ3n) is 15.7. The lowest BCUT2D eigenvalue weighted by Gasteiger charge is -2.30. The molecule has 486 valence electrons. The zero-order valence-corrected chi connectivity index (χ0v) is 55.8. The van der Waals surface area contributed by atoms with Crippen LogP contribution in [0.4, 0.5) is 5.82 Å². The number of carbonyl (C=O) groups excluding carboxylic acids is 6. The number of thiazole rings is 6. The monoisotopic (exact) mass is 1380 g/mol. The van der Waals surface area contributed by atoms with Gasteiger partial charge in [0.05, 0.1) is 60.3 Å². The third-order valence-corrected chi connectivity index (χ3v) is 21.4. The van der Waals surface area contributed by atoms with Crippen molar-refractivity contribution in [1.82, 2.24) is 61.5 Å². The number of carbonyl (C=O) groups is 8. The number of aryl methyl sites for hydroxylation is 1. The summed E-state index contributed by atoms with van der Waals surface area (Å²) < 4.78 is 5.46. The normalized spacial score (nSPS) is 18.3. The van der Waals surface area contributed by atoms with Gasteiger partial charge in [0.25, 0.3) is 17.7 Å². The van der Waals surface area contributed by atoms with Gasteiger partial charge in [-0.25, -0.2) is 39.7 Å². The molecule has 1 unspecified atom stereocenters. The van der Waals surface area contributed by atoms with E-state index in [1.165, 1.54) is 65.2 Å². The summed E-state index contributed by atoms with van der Waals surface area (Å²) in [5, 5.41) is 54.6. The highest BCUT2D eigenvalue weighted by atomic mass is 32.1. The largest absolute Gasteiger partial charge is 0.481 e. The second-order valence-corrected chi connectivity index (χ2v) is 28.3. The number of hydrogen-bond donors (Lipinski definition) is 8. The van der Waals surface area contributed by atoms with E-state index in [1.807, 2.05) is 13.8 Å². The molecule has 94 heavy (non-hydrogen) atoms. The van der Waals surface area contributed by atoms with Crippen LogP contribution in [0.1, 0.15) is 148 Å². The fourth-order valence-corrected chi connectivity index (χ4v) is 16.3. The molecule has 8 N–H and O–H groups in total. The predicted molar refractivity (Wildman–Crippen MR) is 355 cm³/mol. The Morgan fingerprint density at radius 2 is 1.37 bits per heavy atom. The molecule has 9 aromatic rings. The van der Waals surface area contributed by atoms with E-state index < -0.39 is 84.1 Å². The lowest BCUT2D eigenvalue weighted by molar-refractivity contribution is -0.144. The molecule has 25 nitrogen and oxygen atoms in total. The molecule has 1 fully saturated rings. The summed E-state index contributed by atoms with van der Waals surface area (Å²) in [4.78, 5) is 145. The van der Waals surface area contributed by atoms with Crippen LogP contribution in [0.5, 0.6) is 0 Å². The van der Waals surface area contributed by atoms with Gasteiger partial charge in [0.1, 0.15) is 82.2 Å². The number of carboxylic acids is 2. The van der Waals surface area contributed by atoms with Crippen LogP contribution in [0, 0.1) is 24.7 Å². The molecule has 4 atom stereocenters. The minimum atomic E-state index is -1.31. The fourth-order valence-electron chi connectivity index (χ4n) is 10.8. The van der Waals surface area contributed by atoms with E-state index in [1.54, 1.807) is 83.0 Å². The van der Waals surface area contributed by atoms with Gasteiger partial charge in [-0.3, -0.25) is 38.5 Å². The number of aliphatic carboxylic acids is 1. The number of fused-ring (bicyclic) bond motifs is 14. The quantitative estimate of drug-likeness (QED) is 0.0502. The SMILES string of the molecule is CNC(=O)C[C@@H]1NC(=O)c2csc(n2)-c2ccc(-c3nc(N(Cc4cccc(C(=O)O)c4)C(=O)C4CCC(C(=O)O)CC4)cs3)nc2-c2csc(n2)-c2csc(n2)[C@H]([C@@H](O)c2ccccc2)NC(=O)CNC(=O)c2nc(sc2COC)C(C(C)C)NC(=O)c2nc1sc2C. The second-order valence-electron chi connectivity index (χ2n) is 22.5. The Bertz CT molecular complexity index is 4340. The first kappa shape index (κ1) is 66.5. The van der Waals surface area contributed by atoms with Gasteiger partial charge < -0.3 is 46.6 Å². The topological polar surface area (TPSA) is 360 Å². The first-order valence-corrected chi connectivity index (χ1v) is 34.7. The molecule has 7 aromatic heterocycles. The Balaban J connectivity index is 0.991. The number of ether oxygens (including phenoxy) is 1. The van der Waals surface area contributed by atoms with Gasteiger partial charge in [0.15, 0.2) is 0 Å². The molecular formula is C63H61N13O12S6. The third kappa shape index (κ3) is 14.8. The van der Waals surface area contributed by atoms with Crippen molar-refractivity contribution in [2.45, 2.75) is 90.3 Å². The van der Waals surface area contributed by atoms with E-state index in [-0.39, 0.29) is 64.9 Å². The molecule has 2 aliphatic rings. The average molecular weight is 1380 g/mol. The Morgan fingerprint density at radius 3 is 2.11 bits per heavy atom. The molecular weight excluding hydrogens is 1320 g/mol. The standard InChI is InChI=1S/C63H61N13O12S6/c1-29(2)46-60-75-49(42(94-60)24-88-5)53(81)65-22-45(78)72-50(51(79)32-11-7-6-8-12-32)59-70-41(27-91-59)57-68-39(25-90-57)48-36(55-69-40(26-89-55)52(80)67-38(21-44(77)64-4)58-74-47(30(3)93-58)54(82)73-46)18-19-37(66-48)56-71-43(28-92-56)76(23-31-10-9-13-35(20-31)63(86)87)61(83)33-14-16-34(17-15-33)62(84)85/h6-13,18-20,25-29,33-34,38,46,50-51,79H,14-17,21-24H2,1-5H3,(H,64,77)(H,65,81)(H,67,80)(H,72,78)(H,73,82)(H,84,85)(H,86,87)/t33?,34?,38-,46?,50-,51-/m0/s1. The number of nitrogens with one attached hydrogen (secondary N) is 5. The number of amides is 6. The number of anilines is 1. The van der Waals surface area contributed by atoms with Crippen LogP contribution in [0.15, 0.2) is 88.3 Å². The fraction of sp³-hybridized carbons (Fsp3) is 0.317. The molecule has 0 radical (unpaired) electrons. The van der Waals surface area contributed by atoms with E-state index in [0.29, 0.717) is 99.9 Å². The maximum absolute atomic E-state index is 14.6. The Labute approximate surface area is 561 Å². The molecule has 31 heteroatoms. The van der Waals surface area contributed by atoms with Gasteiger partial charge in [-0.2, -0.15) is 0 Å². The minimum Gasteiger partial charge on any atom is -0.481 e. The van der Waals surface area contributed by atoms with Crippen molar-refractivity contribution in [2.75, 3.05) is 25.6 Å². The van der Waals surface area contributed by atoms with Crippen LogP contribution in [-0.2, 0) is 37.1 Å². The summed E-state index contributed by atoms with van der Waals surface area (Å²) in [7, 11) is 2.92. The van der Waals surface area contributed by atoms with Crippen molar-refractivity contribution in [3.8, 4) is 43.4 Å². The number of nitrogens with zero attached hydrogens (tertiary/aromatic N) is 8. The number of hydrogen-bond acceptors (Lipinski definition) is 23. The van der Waals surface area contributed by atoms with Crippen LogP contribution in [0.3, 0.4) is 0 Å². The summed E-state index contributed by atoms with van der Waals surface area (Å²) in [5.74, 6) is -6.43. The van der Waals surface area contributed by atoms with Gasteiger partial charge in [-0.15, -0.1) is 68.0 Å². The van der Waals surface area contributed by atoms with E-state index in [4.69, 9.17) is 39.6 Å². The summed E-state index contributed by atoms with van der Waals surface area (Å²) in [6.45, 7) is 4.86. The molecule has 8 heterocycles. The number of aliphatic hydroxyl groups excluding tert-OH is 1. The smallest absolute Gasteiger partial charge is 0.335 e. The first-order valence-electron chi connectivity index (χ1n) is 29.5. The number of methoxy groups -OCH3 is 1. The summed E-state index contributed by atoms with van der Waals surface area (Å²) in [5.41, 5.74) is 2.93. The Morgan fingerprint density at radius 1 is 0.670 bits per heavy atom. The van der Waals surface area contributed by atoms with E-state index >= 15 is 0 Å². The van der Waals surface area contributed by atoms with Crippen molar-refractivity contribution in [3.05, 3.63) is 147 Å². The molecule has 1 saturated carbocycles. The molecule has 0 spiro atoms.